The second-order valence-corrected chi connectivity index (χ2v) is 6.95. The molecule has 6 heteroatoms. The predicted molar refractivity (Wildman–Crippen MR) is 72.3 cm³/mol. The van der Waals surface area contributed by atoms with Gasteiger partial charge in [-0.05, 0) is 52.4 Å². The number of fused-ring (bicyclic) bond motifs is 3. The highest BCUT2D eigenvalue weighted by Crippen LogP contribution is 2.57. The number of methoxy groups -OCH3 is 1. The number of hydrogen-bond donors (Lipinski definition) is 0. The van der Waals surface area contributed by atoms with Gasteiger partial charge < -0.3 is 9.26 Å². The largest absolute Gasteiger partial charge is 0.469 e. The summed E-state index contributed by atoms with van der Waals surface area (Å²) >= 11 is 0. The van der Waals surface area contributed by atoms with Gasteiger partial charge in [0.05, 0.1) is 12.5 Å². The van der Waals surface area contributed by atoms with Gasteiger partial charge in [-0.15, -0.1) is 0 Å². The highest BCUT2D eigenvalue weighted by molar-refractivity contribution is 5.77. The van der Waals surface area contributed by atoms with Gasteiger partial charge in [0.2, 0.25) is 0 Å². The second kappa shape index (κ2) is 4.52. The molecule has 0 atom stereocenters. The Hall–Kier alpha value is -1.46. The quantitative estimate of drug-likeness (QED) is 0.802. The van der Waals surface area contributed by atoms with Gasteiger partial charge in [-0.3, -0.25) is 4.79 Å². The maximum absolute atomic E-state index is 13.9. The molecule has 3 aliphatic rings. The van der Waals surface area contributed by atoms with Gasteiger partial charge in [0.25, 0.3) is 5.89 Å². The maximum atomic E-state index is 13.9. The molecule has 1 heterocycles. The van der Waals surface area contributed by atoms with Crippen LogP contribution >= 0.6 is 0 Å². The summed E-state index contributed by atoms with van der Waals surface area (Å²) in [5.41, 5.74) is -2.12. The normalized spacial score (nSPS) is 32.2. The van der Waals surface area contributed by atoms with Gasteiger partial charge in [0, 0.05) is 5.41 Å². The average molecular weight is 296 g/mol. The lowest BCUT2D eigenvalue weighted by Gasteiger charge is -2.50. The standard InChI is InChI=1S/C15H21FN2O3/c1-13(2,16)11-17-10(18-21-11)14-4-7-15(8-5-14,9-6-14)12(19)20-3/h4-9H2,1-3H3. The van der Waals surface area contributed by atoms with E-state index in [4.69, 9.17) is 9.26 Å². The van der Waals surface area contributed by atoms with Crippen molar-refractivity contribution in [2.24, 2.45) is 5.41 Å². The Morgan fingerprint density at radius 3 is 2.24 bits per heavy atom. The molecule has 0 N–H and O–H groups in total. The van der Waals surface area contributed by atoms with E-state index in [-0.39, 0.29) is 22.7 Å². The van der Waals surface area contributed by atoms with Gasteiger partial charge in [-0.25, -0.2) is 4.39 Å². The van der Waals surface area contributed by atoms with Crippen LogP contribution in [0.3, 0.4) is 0 Å². The van der Waals surface area contributed by atoms with Crippen molar-refractivity contribution < 1.29 is 18.4 Å². The Kier molecular flexibility index (Phi) is 3.11. The SMILES string of the molecule is COC(=O)C12CCC(c3noc(C(C)(C)F)n3)(CC1)CC2. The highest BCUT2D eigenvalue weighted by atomic mass is 19.1. The van der Waals surface area contributed by atoms with Gasteiger partial charge >= 0.3 is 5.97 Å². The predicted octanol–water partition coefficient (Wildman–Crippen LogP) is 3.04. The molecule has 0 aromatic carbocycles. The lowest BCUT2D eigenvalue weighted by atomic mass is 9.53. The van der Waals surface area contributed by atoms with E-state index >= 15 is 0 Å². The van der Waals surface area contributed by atoms with Crippen LogP contribution in [0.25, 0.3) is 0 Å². The average Bonchev–Trinajstić information content (AvgIpc) is 2.99. The van der Waals surface area contributed by atoms with Gasteiger partial charge in [0.15, 0.2) is 11.5 Å². The summed E-state index contributed by atoms with van der Waals surface area (Å²) in [7, 11) is 1.45. The van der Waals surface area contributed by atoms with Crippen molar-refractivity contribution in [2.45, 2.75) is 63.5 Å². The fourth-order valence-corrected chi connectivity index (χ4v) is 3.72. The number of rotatable bonds is 3. The number of ether oxygens (including phenoxy) is 1. The van der Waals surface area contributed by atoms with E-state index in [9.17, 15) is 9.18 Å². The van der Waals surface area contributed by atoms with Crippen LogP contribution in [-0.4, -0.2) is 23.2 Å². The lowest BCUT2D eigenvalue weighted by Crippen LogP contribution is -2.48. The molecule has 0 radical (unpaired) electrons. The lowest BCUT2D eigenvalue weighted by molar-refractivity contribution is -0.160. The van der Waals surface area contributed by atoms with Gasteiger partial charge in [0.1, 0.15) is 0 Å². The molecule has 0 amide bonds. The zero-order valence-corrected chi connectivity index (χ0v) is 12.7. The van der Waals surface area contributed by atoms with E-state index in [0.717, 1.165) is 38.5 Å². The van der Waals surface area contributed by atoms with Crippen molar-refractivity contribution in [1.29, 1.82) is 0 Å². The number of hydrogen-bond acceptors (Lipinski definition) is 5. The molecule has 3 saturated carbocycles. The molecule has 2 bridgehead atoms. The maximum Gasteiger partial charge on any atom is 0.311 e. The molecule has 0 aliphatic heterocycles. The molecular weight excluding hydrogens is 275 g/mol. The van der Waals surface area contributed by atoms with Crippen molar-refractivity contribution in [3.63, 3.8) is 0 Å². The number of nitrogens with zero attached hydrogens (tertiary/aromatic N) is 2. The van der Waals surface area contributed by atoms with Crippen molar-refractivity contribution in [3.8, 4) is 0 Å². The number of carbonyl (C=O) groups is 1. The molecule has 116 valence electrons. The van der Waals surface area contributed by atoms with E-state index in [0.29, 0.717) is 5.82 Å². The molecule has 4 rings (SSSR count). The van der Waals surface area contributed by atoms with Crippen LogP contribution in [0.2, 0.25) is 0 Å². The Bertz CT molecular complexity index is 537. The third-order valence-electron chi connectivity index (χ3n) is 5.27. The van der Waals surface area contributed by atoms with Crippen molar-refractivity contribution in [2.75, 3.05) is 7.11 Å². The number of carbonyl (C=O) groups excluding carboxylic acids is 1. The van der Waals surface area contributed by atoms with E-state index < -0.39 is 5.67 Å². The van der Waals surface area contributed by atoms with Crippen molar-refractivity contribution in [3.05, 3.63) is 11.7 Å². The molecule has 0 saturated heterocycles. The molecule has 1 aromatic rings. The number of halogens is 1. The zero-order valence-electron chi connectivity index (χ0n) is 12.7. The van der Waals surface area contributed by atoms with Crippen LogP contribution in [0.1, 0.15) is 64.1 Å². The van der Waals surface area contributed by atoms with Crippen molar-refractivity contribution >= 4 is 5.97 Å². The molecule has 5 nitrogen and oxygen atoms in total. The Morgan fingerprint density at radius 1 is 1.24 bits per heavy atom. The third-order valence-corrected chi connectivity index (χ3v) is 5.27. The number of aromatic nitrogens is 2. The molecule has 21 heavy (non-hydrogen) atoms. The van der Waals surface area contributed by atoms with Crippen molar-refractivity contribution in [1.82, 2.24) is 10.1 Å². The molecule has 0 unspecified atom stereocenters. The monoisotopic (exact) mass is 296 g/mol. The zero-order chi connectivity index (χ0) is 15.3. The summed E-state index contributed by atoms with van der Waals surface area (Å²) in [6.07, 6.45) is 4.82. The minimum absolute atomic E-state index is 0.0299. The Balaban J connectivity index is 1.83. The van der Waals surface area contributed by atoms with Crippen LogP contribution in [0, 0.1) is 5.41 Å². The topological polar surface area (TPSA) is 65.2 Å². The summed E-state index contributed by atoms with van der Waals surface area (Å²) in [4.78, 5) is 16.3. The first-order chi connectivity index (χ1) is 9.81. The fourth-order valence-electron chi connectivity index (χ4n) is 3.72. The van der Waals surface area contributed by atoms with Crippen LogP contribution < -0.4 is 0 Å². The highest BCUT2D eigenvalue weighted by Gasteiger charge is 2.55. The Labute approximate surface area is 123 Å². The van der Waals surface area contributed by atoms with Gasteiger partial charge in [-0.2, -0.15) is 4.98 Å². The molecule has 0 spiro atoms. The summed E-state index contributed by atoms with van der Waals surface area (Å²) in [6.45, 7) is 2.82. The van der Waals surface area contributed by atoms with Crippen LogP contribution in [-0.2, 0) is 20.6 Å². The summed E-state index contributed by atoms with van der Waals surface area (Å²) in [5.74, 6) is 0.526. The first kappa shape index (κ1) is 14.5. The minimum atomic E-state index is -1.62. The fraction of sp³-hybridized carbons (Fsp3) is 0.800. The van der Waals surface area contributed by atoms with Crippen LogP contribution in [0.5, 0.6) is 0 Å². The minimum Gasteiger partial charge on any atom is -0.469 e. The third kappa shape index (κ3) is 2.15. The smallest absolute Gasteiger partial charge is 0.311 e. The van der Waals surface area contributed by atoms with E-state index in [1.54, 1.807) is 0 Å². The van der Waals surface area contributed by atoms with E-state index in [2.05, 4.69) is 10.1 Å². The molecule has 3 aliphatic carbocycles. The summed E-state index contributed by atoms with van der Waals surface area (Å²) in [6, 6.07) is 0. The van der Waals surface area contributed by atoms with E-state index in [1.807, 2.05) is 0 Å². The first-order valence-electron chi connectivity index (χ1n) is 7.43. The number of esters is 1. The van der Waals surface area contributed by atoms with E-state index in [1.165, 1.54) is 21.0 Å². The molecular formula is C15H21FN2O3. The summed E-state index contributed by atoms with van der Waals surface area (Å²) in [5, 5.41) is 4.02. The van der Waals surface area contributed by atoms with Crippen LogP contribution in [0.15, 0.2) is 4.52 Å². The first-order valence-corrected chi connectivity index (χ1v) is 7.43. The summed E-state index contributed by atoms with van der Waals surface area (Å²) < 4.78 is 23.9. The Morgan fingerprint density at radius 2 is 1.81 bits per heavy atom. The molecule has 3 fully saturated rings. The number of alkyl halides is 1. The van der Waals surface area contributed by atoms with Crippen LogP contribution in [0.4, 0.5) is 4.39 Å². The van der Waals surface area contributed by atoms with Gasteiger partial charge in [-0.1, -0.05) is 5.16 Å². The molecule has 1 aromatic heterocycles. The second-order valence-electron chi connectivity index (χ2n) is 6.95.